The zero-order valence-corrected chi connectivity index (χ0v) is 18.4. The maximum absolute atomic E-state index is 13.7. The van der Waals surface area contributed by atoms with Crippen molar-refractivity contribution in [3.05, 3.63) is 0 Å². The molecule has 2 fully saturated rings. The van der Waals surface area contributed by atoms with Gasteiger partial charge in [-0.3, -0.25) is 9.47 Å². The zero-order valence-electron chi connectivity index (χ0n) is 18.4. The average molecular weight is 616 g/mol. The third-order valence-electron chi connectivity index (χ3n) is 5.46. The molecule has 0 aromatic heterocycles. The van der Waals surface area contributed by atoms with Crippen LogP contribution in [0.3, 0.4) is 0 Å². The summed E-state index contributed by atoms with van der Waals surface area (Å²) in [7, 11) is 0. The predicted octanol–water partition coefficient (Wildman–Crippen LogP) is 7.86. The van der Waals surface area contributed by atoms with Gasteiger partial charge in [-0.1, -0.05) is 0 Å². The van der Waals surface area contributed by atoms with Gasteiger partial charge in [0, 0.05) is 20.8 Å². The van der Waals surface area contributed by atoms with Crippen LogP contribution >= 0.6 is 0 Å². The van der Waals surface area contributed by atoms with Crippen molar-refractivity contribution in [2.75, 3.05) is 0 Å². The molecule has 0 radical (unpaired) electrons. The minimum absolute atomic E-state index is 0.628. The van der Waals surface area contributed by atoms with Crippen molar-refractivity contribution < 1.29 is 97.3 Å². The Labute approximate surface area is 197 Å². The van der Waals surface area contributed by atoms with Crippen LogP contribution in [0.5, 0.6) is 0 Å². The second kappa shape index (κ2) is 8.05. The van der Waals surface area contributed by atoms with Gasteiger partial charge in [-0.05, 0) is 6.92 Å². The van der Waals surface area contributed by atoms with Crippen LogP contribution in [0, 0.1) is 0 Å². The van der Waals surface area contributed by atoms with Gasteiger partial charge in [-0.2, -0.15) is 48.3 Å². The van der Waals surface area contributed by atoms with E-state index in [2.05, 4.69) is 9.47 Å². The molecule has 0 saturated carbocycles. The molecule has 2 heterocycles. The molecule has 22 heteroatoms. The summed E-state index contributed by atoms with van der Waals surface area (Å²) in [5.74, 6) is -47.1. The molecule has 0 amide bonds. The number of halogens is 20. The topological polar surface area (TPSA) is 18.5 Å². The SMILES string of the molecule is CC(F)(F)C1(F)OC(F)(F)C(F)(F)C(C)(F)C1(F)F.CC(F)(F)C1(F)OC(F)(F)C(F)(F)C1(F)C(C)(F)F. The van der Waals surface area contributed by atoms with Crippen LogP contribution in [0.4, 0.5) is 87.8 Å². The van der Waals surface area contributed by atoms with Crippen LogP contribution in [0.2, 0.25) is 0 Å². The number of rotatable bonds is 3. The van der Waals surface area contributed by atoms with E-state index in [9.17, 15) is 87.8 Å². The predicted molar refractivity (Wildman–Crippen MR) is 79.8 cm³/mol. The van der Waals surface area contributed by atoms with E-state index in [0.717, 1.165) is 0 Å². The van der Waals surface area contributed by atoms with Crippen molar-refractivity contribution in [2.24, 2.45) is 0 Å². The Morgan fingerprint density at radius 3 is 0.974 bits per heavy atom. The van der Waals surface area contributed by atoms with E-state index in [0.29, 0.717) is 0 Å². The van der Waals surface area contributed by atoms with Gasteiger partial charge in [0.25, 0.3) is 5.92 Å². The summed E-state index contributed by atoms with van der Waals surface area (Å²) in [4.78, 5) is 0. The van der Waals surface area contributed by atoms with Crippen LogP contribution in [0.15, 0.2) is 0 Å². The minimum Gasteiger partial charge on any atom is -0.269 e. The van der Waals surface area contributed by atoms with E-state index < -0.39 is 98.5 Å². The Morgan fingerprint density at radius 1 is 0.421 bits per heavy atom. The Hall–Kier alpha value is -1.48. The highest BCUT2D eigenvalue weighted by molar-refractivity contribution is 5.22. The third kappa shape index (κ3) is 3.84. The minimum atomic E-state index is -6.51. The molecule has 4 atom stereocenters. The second-order valence-corrected chi connectivity index (χ2v) is 8.48. The molecule has 2 nitrogen and oxygen atoms in total. The van der Waals surface area contributed by atoms with Gasteiger partial charge in [-0.15, -0.1) is 0 Å². The fourth-order valence-corrected chi connectivity index (χ4v) is 3.11. The summed E-state index contributed by atoms with van der Waals surface area (Å²) in [5.41, 5.74) is -11.9. The Morgan fingerprint density at radius 2 is 0.711 bits per heavy atom. The highest BCUT2D eigenvalue weighted by Gasteiger charge is 2.98. The van der Waals surface area contributed by atoms with Gasteiger partial charge in [0.05, 0.1) is 0 Å². The normalized spacial score (nSPS) is 39.8. The highest BCUT2D eigenvalue weighted by atomic mass is 19.4. The van der Waals surface area contributed by atoms with Gasteiger partial charge in [0.1, 0.15) is 0 Å². The Kier molecular flexibility index (Phi) is 7.32. The molecule has 38 heavy (non-hydrogen) atoms. The molecule has 0 aromatic rings. The lowest BCUT2D eigenvalue weighted by Gasteiger charge is -2.51. The lowest BCUT2D eigenvalue weighted by molar-refractivity contribution is -0.537. The monoisotopic (exact) mass is 616 g/mol. The van der Waals surface area contributed by atoms with E-state index in [4.69, 9.17) is 0 Å². The van der Waals surface area contributed by atoms with Crippen LogP contribution in [0.25, 0.3) is 0 Å². The molecule has 2 rings (SSSR count). The molecule has 2 saturated heterocycles. The molecular weight excluding hydrogens is 604 g/mol. The van der Waals surface area contributed by atoms with Crippen molar-refractivity contribution in [2.45, 2.75) is 98.5 Å². The molecule has 0 spiro atoms. The summed E-state index contributed by atoms with van der Waals surface area (Å²) >= 11 is 0. The average Bonchev–Trinajstić information content (AvgIpc) is 2.73. The summed E-state index contributed by atoms with van der Waals surface area (Å²) in [6, 6.07) is 0. The molecular formula is C16H12F20O2. The first kappa shape index (κ1) is 34.5. The van der Waals surface area contributed by atoms with Crippen molar-refractivity contribution in [1.82, 2.24) is 0 Å². The van der Waals surface area contributed by atoms with Crippen molar-refractivity contribution >= 4 is 0 Å². The number of alkyl halides is 20. The smallest absolute Gasteiger partial charge is 0.269 e. The first-order valence-electron chi connectivity index (χ1n) is 9.10. The fraction of sp³-hybridized carbons (Fsp3) is 1.00. The van der Waals surface area contributed by atoms with Gasteiger partial charge in [0.2, 0.25) is 5.67 Å². The fourth-order valence-electron chi connectivity index (χ4n) is 3.11. The summed E-state index contributed by atoms with van der Waals surface area (Å²) < 4.78 is 264. The summed E-state index contributed by atoms with van der Waals surface area (Å²) in [5, 5.41) is 0. The summed E-state index contributed by atoms with van der Waals surface area (Å²) in [6.07, 6.45) is -12.4. The lowest BCUT2D eigenvalue weighted by Crippen LogP contribution is -2.79. The molecule has 0 aliphatic carbocycles. The summed E-state index contributed by atoms with van der Waals surface area (Å²) in [6.45, 7) is -2.80. The largest absolute Gasteiger partial charge is 0.426 e. The third-order valence-corrected chi connectivity index (χ3v) is 5.46. The molecule has 0 aromatic carbocycles. The van der Waals surface area contributed by atoms with Gasteiger partial charge >= 0.3 is 59.2 Å². The molecule has 0 N–H and O–H groups in total. The molecule has 2 aliphatic rings. The number of ether oxygens (including phenoxy) is 2. The van der Waals surface area contributed by atoms with E-state index in [1.54, 1.807) is 0 Å². The van der Waals surface area contributed by atoms with Crippen LogP contribution < -0.4 is 0 Å². The van der Waals surface area contributed by atoms with Crippen LogP contribution in [0.1, 0.15) is 27.7 Å². The van der Waals surface area contributed by atoms with Gasteiger partial charge < -0.3 is 0 Å². The van der Waals surface area contributed by atoms with Crippen LogP contribution in [-0.2, 0) is 9.47 Å². The molecule has 4 unspecified atom stereocenters. The maximum atomic E-state index is 13.7. The van der Waals surface area contributed by atoms with E-state index in [-0.39, 0.29) is 0 Å². The van der Waals surface area contributed by atoms with Gasteiger partial charge in [-0.25, -0.2) is 39.5 Å². The first-order chi connectivity index (χ1) is 15.9. The van der Waals surface area contributed by atoms with E-state index >= 15 is 0 Å². The lowest BCUT2D eigenvalue weighted by atomic mass is 9.81. The van der Waals surface area contributed by atoms with E-state index in [1.165, 1.54) is 0 Å². The standard InChI is InChI=1S/2C8H6F10O/c1-3(9,10)5(13)6(14,15)8(17,18)19-7(5,16)4(2,11)12;1-3(9)5(12,13)7(16,4(2,10)11)19-8(17,18)6(3,14)15/h2*1-2H3. The van der Waals surface area contributed by atoms with Crippen molar-refractivity contribution in [1.29, 1.82) is 0 Å². The van der Waals surface area contributed by atoms with Gasteiger partial charge in [0.15, 0.2) is 0 Å². The molecule has 0 bridgehead atoms. The number of hydrogen-bond acceptors (Lipinski definition) is 2. The van der Waals surface area contributed by atoms with Crippen molar-refractivity contribution in [3.8, 4) is 0 Å². The Bertz CT molecular complexity index is 911. The molecule has 2 aliphatic heterocycles. The van der Waals surface area contributed by atoms with Crippen LogP contribution in [-0.4, -0.2) is 70.8 Å². The number of hydrogen-bond donors (Lipinski definition) is 0. The second-order valence-electron chi connectivity index (χ2n) is 8.48. The molecule has 228 valence electrons. The maximum Gasteiger partial charge on any atom is 0.426 e. The quantitative estimate of drug-likeness (QED) is 0.301. The Balaban J connectivity index is 0.000000380. The highest BCUT2D eigenvalue weighted by Crippen LogP contribution is 2.68. The first-order valence-corrected chi connectivity index (χ1v) is 9.10. The van der Waals surface area contributed by atoms with Crippen molar-refractivity contribution in [3.63, 3.8) is 0 Å². The zero-order chi connectivity index (χ0) is 31.4. The van der Waals surface area contributed by atoms with E-state index in [1.807, 2.05) is 0 Å².